The van der Waals surface area contributed by atoms with Crippen molar-refractivity contribution in [3.63, 3.8) is 0 Å². The molecule has 2 aromatic rings. The maximum Gasteiger partial charge on any atom is 0.257 e. The summed E-state index contributed by atoms with van der Waals surface area (Å²) in [6, 6.07) is 5.20. The standard InChI is InChI=1S/C18H22Cl2N4O.ClH/c1-2-21-10-13-5-7-23(8-6-13)18(25)14-11-22-24(12-14)17-4-3-15(19)9-16(17)20;/h3-4,9,11-13,21H,2,5-8,10H2,1H3;1H. The van der Waals surface area contributed by atoms with Crippen molar-refractivity contribution < 1.29 is 4.79 Å². The van der Waals surface area contributed by atoms with E-state index in [1.165, 1.54) is 0 Å². The Bertz CT molecular complexity index is 742. The van der Waals surface area contributed by atoms with Crippen LogP contribution in [0.1, 0.15) is 30.1 Å². The Balaban J connectivity index is 0.00000243. The fraction of sp³-hybridized carbons (Fsp3) is 0.444. The summed E-state index contributed by atoms with van der Waals surface area (Å²) in [7, 11) is 0. The number of rotatable bonds is 5. The molecule has 0 spiro atoms. The van der Waals surface area contributed by atoms with Gasteiger partial charge >= 0.3 is 0 Å². The molecule has 26 heavy (non-hydrogen) atoms. The number of aromatic nitrogens is 2. The minimum absolute atomic E-state index is 0. The number of hydrogen-bond acceptors (Lipinski definition) is 3. The molecule has 0 atom stereocenters. The average molecular weight is 418 g/mol. The van der Waals surface area contributed by atoms with Crippen LogP contribution in [0.4, 0.5) is 0 Å². The van der Waals surface area contributed by atoms with Crippen molar-refractivity contribution in [2.75, 3.05) is 26.2 Å². The first kappa shape index (κ1) is 21.0. The van der Waals surface area contributed by atoms with Crippen LogP contribution in [0.2, 0.25) is 10.0 Å². The van der Waals surface area contributed by atoms with Gasteiger partial charge in [-0.05, 0) is 50.0 Å². The Morgan fingerprint density at radius 2 is 2.04 bits per heavy atom. The summed E-state index contributed by atoms with van der Waals surface area (Å²) in [5.41, 5.74) is 1.28. The molecule has 1 aromatic carbocycles. The molecule has 1 N–H and O–H groups in total. The Kier molecular flexibility index (Phi) is 7.77. The molecule has 1 aliphatic rings. The highest BCUT2D eigenvalue weighted by Gasteiger charge is 2.24. The van der Waals surface area contributed by atoms with Crippen LogP contribution in [0.5, 0.6) is 0 Å². The molecule has 1 aromatic heterocycles. The summed E-state index contributed by atoms with van der Waals surface area (Å²) in [6.45, 7) is 5.73. The van der Waals surface area contributed by atoms with Gasteiger partial charge in [0.2, 0.25) is 0 Å². The quantitative estimate of drug-likeness (QED) is 0.798. The van der Waals surface area contributed by atoms with Gasteiger partial charge in [0.1, 0.15) is 0 Å². The molecule has 1 fully saturated rings. The summed E-state index contributed by atoms with van der Waals surface area (Å²) in [4.78, 5) is 14.6. The van der Waals surface area contributed by atoms with Crippen LogP contribution in [0.25, 0.3) is 5.69 Å². The lowest BCUT2D eigenvalue weighted by atomic mass is 9.96. The molecule has 1 saturated heterocycles. The molecule has 0 unspecified atom stereocenters. The molecular formula is C18H23Cl3N4O. The Morgan fingerprint density at radius 1 is 1.31 bits per heavy atom. The lowest BCUT2D eigenvalue weighted by Crippen LogP contribution is -2.40. The molecule has 0 radical (unpaired) electrons. The van der Waals surface area contributed by atoms with Crippen LogP contribution in [-0.4, -0.2) is 46.8 Å². The van der Waals surface area contributed by atoms with Gasteiger partial charge in [-0.2, -0.15) is 5.10 Å². The lowest BCUT2D eigenvalue weighted by molar-refractivity contribution is 0.0690. The third kappa shape index (κ3) is 4.92. The molecule has 0 bridgehead atoms. The van der Waals surface area contributed by atoms with E-state index < -0.39 is 0 Å². The number of carbonyl (C=O) groups excluding carboxylic acids is 1. The van der Waals surface area contributed by atoms with Crippen molar-refractivity contribution in [3.8, 4) is 5.69 Å². The van der Waals surface area contributed by atoms with E-state index in [1.807, 2.05) is 4.90 Å². The largest absolute Gasteiger partial charge is 0.339 e. The summed E-state index contributed by atoms with van der Waals surface area (Å²) in [5.74, 6) is 0.679. The number of halogens is 3. The molecule has 0 saturated carbocycles. The van der Waals surface area contributed by atoms with Crippen LogP contribution in [0.15, 0.2) is 30.6 Å². The third-order valence-electron chi connectivity index (χ3n) is 4.57. The van der Waals surface area contributed by atoms with Crippen molar-refractivity contribution >= 4 is 41.5 Å². The highest BCUT2D eigenvalue weighted by atomic mass is 35.5. The first-order valence-electron chi connectivity index (χ1n) is 8.58. The number of benzene rings is 1. The Morgan fingerprint density at radius 3 is 2.69 bits per heavy atom. The monoisotopic (exact) mass is 416 g/mol. The summed E-state index contributed by atoms with van der Waals surface area (Å²) < 4.78 is 1.61. The van der Waals surface area contributed by atoms with E-state index in [0.717, 1.165) is 39.0 Å². The fourth-order valence-corrected chi connectivity index (χ4v) is 3.60. The number of piperidine rings is 1. The van der Waals surface area contributed by atoms with Crippen LogP contribution in [-0.2, 0) is 0 Å². The second-order valence-electron chi connectivity index (χ2n) is 6.31. The molecule has 8 heteroatoms. The zero-order valence-electron chi connectivity index (χ0n) is 14.6. The normalized spacial score (nSPS) is 15.0. The van der Waals surface area contributed by atoms with E-state index in [9.17, 15) is 4.79 Å². The van der Waals surface area contributed by atoms with Crippen molar-refractivity contribution in [1.82, 2.24) is 20.0 Å². The van der Waals surface area contributed by atoms with Crippen LogP contribution in [0.3, 0.4) is 0 Å². The molecule has 142 valence electrons. The Labute approximate surface area is 170 Å². The van der Waals surface area contributed by atoms with E-state index in [-0.39, 0.29) is 18.3 Å². The summed E-state index contributed by atoms with van der Waals surface area (Å²) in [6.07, 6.45) is 5.39. The highest BCUT2D eigenvalue weighted by molar-refractivity contribution is 6.35. The van der Waals surface area contributed by atoms with Crippen LogP contribution in [0, 0.1) is 5.92 Å². The predicted octanol–water partition coefficient (Wildman–Crippen LogP) is 4.06. The second-order valence-corrected chi connectivity index (χ2v) is 7.16. The predicted molar refractivity (Wildman–Crippen MR) is 108 cm³/mol. The molecule has 5 nitrogen and oxygen atoms in total. The SMILES string of the molecule is CCNCC1CCN(C(=O)c2cnn(-c3ccc(Cl)cc3Cl)c2)CC1.Cl. The molecular weight excluding hydrogens is 395 g/mol. The van der Waals surface area contributed by atoms with Gasteiger partial charge in [-0.3, -0.25) is 4.79 Å². The summed E-state index contributed by atoms with van der Waals surface area (Å²) in [5, 5.41) is 8.73. The Hall–Kier alpha value is -1.27. The van der Waals surface area contributed by atoms with Gasteiger partial charge < -0.3 is 10.2 Å². The molecule has 3 rings (SSSR count). The van der Waals surface area contributed by atoms with Crippen molar-refractivity contribution in [2.45, 2.75) is 19.8 Å². The maximum atomic E-state index is 12.7. The van der Waals surface area contributed by atoms with Crippen molar-refractivity contribution in [1.29, 1.82) is 0 Å². The maximum absolute atomic E-state index is 12.7. The zero-order valence-corrected chi connectivity index (χ0v) is 16.9. The molecule has 1 aliphatic heterocycles. The minimum Gasteiger partial charge on any atom is -0.339 e. The van der Waals surface area contributed by atoms with Gasteiger partial charge in [-0.15, -0.1) is 12.4 Å². The van der Waals surface area contributed by atoms with E-state index in [1.54, 1.807) is 35.3 Å². The first-order chi connectivity index (χ1) is 12.1. The minimum atomic E-state index is 0. The van der Waals surface area contributed by atoms with Crippen LogP contribution < -0.4 is 5.32 Å². The van der Waals surface area contributed by atoms with Crippen LogP contribution >= 0.6 is 35.6 Å². The number of amides is 1. The van der Waals surface area contributed by atoms with Gasteiger partial charge in [0.15, 0.2) is 0 Å². The van der Waals surface area contributed by atoms with E-state index in [0.29, 0.717) is 27.2 Å². The smallest absolute Gasteiger partial charge is 0.257 e. The van der Waals surface area contributed by atoms with E-state index >= 15 is 0 Å². The van der Waals surface area contributed by atoms with Gasteiger partial charge in [0.25, 0.3) is 5.91 Å². The zero-order chi connectivity index (χ0) is 17.8. The van der Waals surface area contributed by atoms with Crippen molar-refractivity contribution in [2.24, 2.45) is 5.92 Å². The molecule has 0 aliphatic carbocycles. The van der Waals surface area contributed by atoms with Gasteiger partial charge in [0, 0.05) is 24.3 Å². The topological polar surface area (TPSA) is 50.2 Å². The van der Waals surface area contributed by atoms with E-state index in [2.05, 4.69) is 17.3 Å². The molecule has 1 amide bonds. The second kappa shape index (κ2) is 9.60. The highest BCUT2D eigenvalue weighted by Crippen LogP contribution is 2.24. The third-order valence-corrected chi connectivity index (χ3v) is 5.11. The number of nitrogens with zero attached hydrogens (tertiary/aromatic N) is 3. The fourth-order valence-electron chi connectivity index (χ4n) is 3.10. The number of hydrogen-bond donors (Lipinski definition) is 1. The summed E-state index contributed by atoms with van der Waals surface area (Å²) >= 11 is 12.1. The average Bonchev–Trinajstić information content (AvgIpc) is 3.09. The lowest BCUT2D eigenvalue weighted by Gasteiger charge is -2.31. The van der Waals surface area contributed by atoms with Gasteiger partial charge in [-0.25, -0.2) is 4.68 Å². The molecule has 2 heterocycles. The number of nitrogens with one attached hydrogen (secondary N) is 1. The van der Waals surface area contributed by atoms with E-state index in [4.69, 9.17) is 23.2 Å². The van der Waals surface area contributed by atoms with Gasteiger partial charge in [0.05, 0.1) is 22.5 Å². The first-order valence-corrected chi connectivity index (χ1v) is 9.34. The van der Waals surface area contributed by atoms with Crippen molar-refractivity contribution in [3.05, 3.63) is 46.2 Å². The number of carbonyl (C=O) groups is 1. The number of likely N-dealkylation sites (tertiary alicyclic amines) is 1. The van der Waals surface area contributed by atoms with Gasteiger partial charge in [-0.1, -0.05) is 30.1 Å².